The molecule has 7 heteroatoms. The number of carbonyl (C=O) groups is 1. The lowest BCUT2D eigenvalue weighted by molar-refractivity contribution is 0.171. The number of nitrogens with one attached hydrogen (secondary N) is 1. The minimum absolute atomic E-state index is 0.115. The minimum atomic E-state index is -0.115. The average Bonchev–Trinajstić information content (AvgIpc) is 3.11. The molecule has 140 valence electrons. The predicted octanol–water partition coefficient (Wildman–Crippen LogP) is 2.61. The van der Waals surface area contributed by atoms with Crippen molar-refractivity contribution < 1.29 is 9.21 Å². The maximum atomic E-state index is 12.5. The molecule has 1 fully saturated rings. The summed E-state index contributed by atoms with van der Waals surface area (Å²) in [7, 11) is 3.88. The van der Waals surface area contributed by atoms with Gasteiger partial charge in [0.2, 0.25) is 11.8 Å². The average molecular weight is 357 g/mol. The summed E-state index contributed by atoms with van der Waals surface area (Å²) in [6, 6.07) is 9.64. The zero-order valence-electron chi connectivity index (χ0n) is 15.7. The van der Waals surface area contributed by atoms with Crippen LogP contribution in [-0.4, -0.2) is 59.3 Å². The van der Waals surface area contributed by atoms with Crippen LogP contribution < -0.4 is 5.32 Å². The Labute approximate surface area is 154 Å². The lowest BCUT2D eigenvalue weighted by Crippen LogP contribution is -2.47. The van der Waals surface area contributed by atoms with Gasteiger partial charge in [-0.05, 0) is 58.0 Å². The van der Waals surface area contributed by atoms with E-state index in [-0.39, 0.29) is 18.6 Å². The molecule has 2 amide bonds. The standard InChI is InChI=1S/C19H27N5O2/c1-14(15-9-11-23(2)12-10-15)20-19(25)24(3)13-17-21-22-18(26-17)16-7-5-4-6-8-16/h4-8,14-15H,9-13H2,1-3H3,(H,20,25)/t14-/m0/s1. The molecule has 2 heterocycles. The van der Waals surface area contributed by atoms with Crippen LogP contribution in [-0.2, 0) is 6.54 Å². The summed E-state index contributed by atoms with van der Waals surface area (Å²) in [5.74, 6) is 1.42. The van der Waals surface area contributed by atoms with Crippen LogP contribution in [0.5, 0.6) is 0 Å². The third-order valence-electron chi connectivity index (χ3n) is 5.03. The van der Waals surface area contributed by atoms with Crippen LogP contribution in [0.15, 0.2) is 34.7 Å². The fraction of sp³-hybridized carbons (Fsp3) is 0.526. The molecule has 0 aliphatic carbocycles. The third kappa shape index (κ3) is 4.60. The monoisotopic (exact) mass is 357 g/mol. The van der Waals surface area contributed by atoms with E-state index < -0.39 is 0 Å². The van der Waals surface area contributed by atoms with Gasteiger partial charge in [0.05, 0.1) is 0 Å². The van der Waals surface area contributed by atoms with Crippen molar-refractivity contribution in [3.05, 3.63) is 36.2 Å². The molecule has 3 rings (SSSR count). The van der Waals surface area contributed by atoms with Crippen LogP contribution >= 0.6 is 0 Å². The van der Waals surface area contributed by atoms with Crippen molar-refractivity contribution in [1.82, 2.24) is 25.3 Å². The highest BCUT2D eigenvalue weighted by atomic mass is 16.4. The van der Waals surface area contributed by atoms with Crippen molar-refractivity contribution in [2.75, 3.05) is 27.2 Å². The number of amides is 2. The summed E-state index contributed by atoms with van der Waals surface area (Å²) < 4.78 is 5.67. The van der Waals surface area contributed by atoms with Crippen LogP contribution in [0, 0.1) is 5.92 Å². The molecular weight excluding hydrogens is 330 g/mol. The molecule has 2 aromatic rings. The van der Waals surface area contributed by atoms with E-state index in [2.05, 4.69) is 34.4 Å². The molecule has 1 saturated heterocycles. The van der Waals surface area contributed by atoms with Gasteiger partial charge >= 0.3 is 6.03 Å². The fourth-order valence-corrected chi connectivity index (χ4v) is 3.24. The third-order valence-corrected chi connectivity index (χ3v) is 5.03. The largest absolute Gasteiger partial charge is 0.419 e. The zero-order valence-corrected chi connectivity index (χ0v) is 15.7. The first-order chi connectivity index (χ1) is 12.5. The van der Waals surface area contributed by atoms with E-state index in [9.17, 15) is 4.79 Å². The van der Waals surface area contributed by atoms with Gasteiger partial charge in [0.15, 0.2) is 0 Å². The second kappa shape index (κ2) is 8.31. The van der Waals surface area contributed by atoms with Gasteiger partial charge < -0.3 is 19.5 Å². The fourth-order valence-electron chi connectivity index (χ4n) is 3.24. The maximum absolute atomic E-state index is 12.5. The Morgan fingerprint density at radius 1 is 1.31 bits per heavy atom. The Bertz CT molecular complexity index is 710. The first-order valence-electron chi connectivity index (χ1n) is 9.11. The Balaban J connectivity index is 1.52. The van der Waals surface area contributed by atoms with Crippen molar-refractivity contribution in [3.8, 4) is 11.5 Å². The van der Waals surface area contributed by atoms with Crippen molar-refractivity contribution in [2.24, 2.45) is 5.92 Å². The van der Waals surface area contributed by atoms with Gasteiger partial charge in [0, 0.05) is 18.7 Å². The second-order valence-corrected chi connectivity index (χ2v) is 7.10. The molecule has 0 radical (unpaired) electrons. The van der Waals surface area contributed by atoms with Gasteiger partial charge in [0.1, 0.15) is 6.54 Å². The number of nitrogens with zero attached hydrogens (tertiary/aromatic N) is 4. The Morgan fingerprint density at radius 3 is 2.69 bits per heavy atom. The van der Waals surface area contributed by atoms with Gasteiger partial charge in [-0.2, -0.15) is 0 Å². The molecule has 0 spiro atoms. The Kier molecular flexibility index (Phi) is 5.88. The molecule has 0 bridgehead atoms. The molecule has 1 aromatic carbocycles. The van der Waals surface area contributed by atoms with E-state index in [1.54, 1.807) is 11.9 Å². The number of carbonyl (C=O) groups excluding carboxylic acids is 1. The lowest BCUT2D eigenvalue weighted by Gasteiger charge is -2.33. The summed E-state index contributed by atoms with van der Waals surface area (Å²) in [5, 5.41) is 11.2. The van der Waals surface area contributed by atoms with Crippen LogP contribution in [0.4, 0.5) is 4.79 Å². The van der Waals surface area contributed by atoms with Gasteiger partial charge in [-0.15, -0.1) is 10.2 Å². The molecule has 0 unspecified atom stereocenters. The SMILES string of the molecule is C[C@H](NC(=O)N(C)Cc1nnc(-c2ccccc2)o1)C1CCN(C)CC1. The topological polar surface area (TPSA) is 74.5 Å². The van der Waals surface area contributed by atoms with Crippen molar-refractivity contribution in [2.45, 2.75) is 32.4 Å². The summed E-state index contributed by atoms with van der Waals surface area (Å²) in [5.41, 5.74) is 0.870. The quantitative estimate of drug-likeness (QED) is 0.890. The van der Waals surface area contributed by atoms with Gasteiger partial charge in [-0.25, -0.2) is 4.79 Å². The van der Waals surface area contributed by atoms with E-state index in [0.717, 1.165) is 31.5 Å². The highest BCUT2D eigenvalue weighted by Crippen LogP contribution is 2.20. The van der Waals surface area contributed by atoms with Crippen LogP contribution in [0.2, 0.25) is 0 Å². The van der Waals surface area contributed by atoms with Crippen LogP contribution in [0.1, 0.15) is 25.7 Å². The lowest BCUT2D eigenvalue weighted by atomic mass is 9.90. The number of benzene rings is 1. The highest BCUT2D eigenvalue weighted by Gasteiger charge is 2.24. The van der Waals surface area contributed by atoms with E-state index in [1.165, 1.54) is 0 Å². The number of hydrogen-bond donors (Lipinski definition) is 1. The zero-order chi connectivity index (χ0) is 18.5. The molecule has 0 saturated carbocycles. The molecular formula is C19H27N5O2. The number of hydrogen-bond acceptors (Lipinski definition) is 5. The normalized spacial score (nSPS) is 17.0. The number of piperidine rings is 1. The summed E-state index contributed by atoms with van der Waals surface area (Å²) in [4.78, 5) is 16.4. The van der Waals surface area contributed by atoms with Gasteiger partial charge in [0.25, 0.3) is 0 Å². The Morgan fingerprint density at radius 2 is 2.00 bits per heavy atom. The summed E-state index contributed by atoms with van der Waals surface area (Å²) >= 11 is 0. The molecule has 1 aliphatic rings. The van der Waals surface area contributed by atoms with Crippen LogP contribution in [0.25, 0.3) is 11.5 Å². The summed E-state index contributed by atoms with van der Waals surface area (Å²) in [6.07, 6.45) is 2.23. The molecule has 1 N–H and O–H groups in total. The molecule has 1 aromatic heterocycles. The Hall–Kier alpha value is -2.41. The van der Waals surface area contributed by atoms with Gasteiger partial charge in [-0.1, -0.05) is 18.2 Å². The predicted molar refractivity (Wildman–Crippen MR) is 99.4 cm³/mol. The van der Waals surface area contributed by atoms with E-state index in [1.807, 2.05) is 30.3 Å². The number of rotatable bonds is 5. The van der Waals surface area contributed by atoms with E-state index in [4.69, 9.17) is 4.42 Å². The highest BCUT2D eigenvalue weighted by molar-refractivity contribution is 5.74. The minimum Gasteiger partial charge on any atom is -0.419 e. The molecule has 26 heavy (non-hydrogen) atoms. The maximum Gasteiger partial charge on any atom is 0.317 e. The first kappa shape index (κ1) is 18.4. The van der Waals surface area contributed by atoms with Crippen LogP contribution in [0.3, 0.4) is 0 Å². The summed E-state index contributed by atoms with van der Waals surface area (Å²) in [6.45, 7) is 4.55. The van der Waals surface area contributed by atoms with Crippen molar-refractivity contribution in [3.63, 3.8) is 0 Å². The molecule has 1 aliphatic heterocycles. The van der Waals surface area contributed by atoms with E-state index in [0.29, 0.717) is 17.7 Å². The number of urea groups is 1. The number of aromatic nitrogens is 2. The molecule has 1 atom stereocenters. The smallest absolute Gasteiger partial charge is 0.317 e. The second-order valence-electron chi connectivity index (χ2n) is 7.10. The number of likely N-dealkylation sites (tertiary alicyclic amines) is 1. The van der Waals surface area contributed by atoms with Crippen molar-refractivity contribution in [1.29, 1.82) is 0 Å². The van der Waals surface area contributed by atoms with Crippen molar-refractivity contribution >= 4 is 6.03 Å². The van der Waals surface area contributed by atoms with Gasteiger partial charge in [-0.3, -0.25) is 0 Å². The first-order valence-corrected chi connectivity index (χ1v) is 9.11. The van der Waals surface area contributed by atoms with E-state index >= 15 is 0 Å². The molecule has 7 nitrogen and oxygen atoms in total.